The average Bonchev–Trinajstić information content (AvgIpc) is 2.09. The molecule has 0 aliphatic carbocycles. The monoisotopic (exact) mass is 201 g/mol. The van der Waals surface area contributed by atoms with E-state index in [1.807, 2.05) is 11.8 Å². The summed E-state index contributed by atoms with van der Waals surface area (Å²) in [5, 5.41) is 3.55. The number of hydrogen-bond donors (Lipinski definition) is 1. The lowest BCUT2D eigenvalue weighted by Crippen LogP contribution is -2.28. The van der Waals surface area contributed by atoms with E-state index in [0.29, 0.717) is 6.04 Å². The van der Waals surface area contributed by atoms with Gasteiger partial charge < -0.3 is 5.32 Å². The van der Waals surface area contributed by atoms with Crippen molar-refractivity contribution >= 4 is 11.8 Å². The standard InChI is InChI=1S/C11H23NS/c1-5-7-12-11(6-8-13-4)9-10(2)3/h9,11-12H,5-8H2,1-4H3. The second kappa shape index (κ2) is 8.64. The van der Waals surface area contributed by atoms with E-state index in [2.05, 4.69) is 38.4 Å². The summed E-state index contributed by atoms with van der Waals surface area (Å²) in [6.07, 6.45) is 6.96. The highest BCUT2D eigenvalue weighted by atomic mass is 32.2. The molecule has 0 saturated heterocycles. The summed E-state index contributed by atoms with van der Waals surface area (Å²) < 4.78 is 0. The molecule has 0 saturated carbocycles. The molecular formula is C11H23NS. The van der Waals surface area contributed by atoms with E-state index in [1.54, 1.807) is 0 Å². The van der Waals surface area contributed by atoms with Crippen molar-refractivity contribution < 1.29 is 0 Å². The molecule has 0 heterocycles. The van der Waals surface area contributed by atoms with Crippen molar-refractivity contribution in [3.8, 4) is 0 Å². The zero-order valence-electron chi connectivity index (χ0n) is 9.39. The van der Waals surface area contributed by atoms with Gasteiger partial charge in [-0.15, -0.1) is 0 Å². The first kappa shape index (κ1) is 13.1. The number of rotatable bonds is 7. The lowest BCUT2D eigenvalue weighted by molar-refractivity contribution is 0.575. The van der Waals surface area contributed by atoms with E-state index in [0.717, 1.165) is 6.54 Å². The molecule has 1 atom stereocenters. The Morgan fingerprint density at radius 1 is 1.46 bits per heavy atom. The Morgan fingerprint density at radius 3 is 2.62 bits per heavy atom. The number of nitrogens with one attached hydrogen (secondary N) is 1. The van der Waals surface area contributed by atoms with Gasteiger partial charge in [-0.05, 0) is 45.2 Å². The minimum absolute atomic E-state index is 0.581. The molecule has 0 spiro atoms. The zero-order chi connectivity index (χ0) is 10.1. The summed E-state index contributed by atoms with van der Waals surface area (Å²) in [6.45, 7) is 7.67. The van der Waals surface area contributed by atoms with Crippen LogP contribution in [0.2, 0.25) is 0 Å². The van der Waals surface area contributed by atoms with Crippen molar-refractivity contribution in [1.29, 1.82) is 0 Å². The molecule has 1 nitrogen and oxygen atoms in total. The molecule has 0 aliphatic rings. The third-order valence-electron chi connectivity index (χ3n) is 1.82. The van der Waals surface area contributed by atoms with Crippen LogP contribution >= 0.6 is 11.8 Å². The van der Waals surface area contributed by atoms with Gasteiger partial charge in [-0.3, -0.25) is 0 Å². The average molecular weight is 201 g/mol. The van der Waals surface area contributed by atoms with Crippen LogP contribution in [0.1, 0.15) is 33.6 Å². The zero-order valence-corrected chi connectivity index (χ0v) is 10.2. The molecule has 0 aromatic heterocycles. The van der Waals surface area contributed by atoms with Crippen molar-refractivity contribution in [1.82, 2.24) is 5.32 Å². The van der Waals surface area contributed by atoms with E-state index in [9.17, 15) is 0 Å². The van der Waals surface area contributed by atoms with E-state index in [-0.39, 0.29) is 0 Å². The molecule has 0 aliphatic heterocycles. The van der Waals surface area contributed by atoms with Crippen molar-refractivity contribution in [3.05, 3.63) is 11.6 Å². The Balaban J connectivity index is 3.80. The first-order valence-corrected chi connectivity index (χ1v) is 6.47. The molecule has 2 heteroatoms. The molecule has 0 rings (SSSR count). The largest absolute Gasteiger partial charge is 0.310 e. The van der Waals surface area contributed by atoms with Crippen LogP contribution in [0.15, 0.2) is 11.6 Å². The van der Waals surface area contributed by atoms with Crippen molar-refractivity contribution in [2.45, 2.75) is 39.7 Å². The topological polar surface area (TPSA) is 12.0 Å². The Labute approximate surface area is 87.4 Å². The lowest BCUT2D eigenvalue weighted by Gasteiger charge is -2.14. The van der Waals surface area contributed by atoms with Crippen molar-refractivity contribution in [3.63, 3.8) is 0 Å². The normalized spacial score (nSPS) is 12.6. The van der Waals surface area contributed by atoms with Gasteiger partial charge >= 0.3 is 0 Å². The number of thioether (sulfide) groups is 1. The van der Waals surface area contributed by atoms with Gasteiger partial charge in [0.2, 0.25) is 0 Å². The van der Waals surface area contributed by atoms with Crippen LogP contribution in [0, 0.1) is 0 Å². The van der Waals surface area contributed by atoms with Gasteiger partial charge in [0, 0.05) is 6.04 Å². The molecular weight excluding hydrogens is 178 g/mol. The molecule has 0 amide bonds. The predicted molar refractivity (Wildman–Crippen MR) is 64.5 cm³/mol. The summed E-state index contributed by atoms with van der Waals surface area (Å²) in [5.74, 6) is 1.24. The smallest absolute Gasteiger partial charge is 0.0260 e. The van der Waals surface area contributed by atoms with Crippen molar-refractivity contribution in [2.75, 3.05) is 18.6 Å². The highest BCUT2D eigenvalue weighted by molar-refractivity contribution is 7.98. The van der Waals surface area contributed by atoms with Crippen LogP contribution in [0.3, 0.4) is 0 Å². The second-order valence-corrected chi connectivity index (χ2v) is 4.57. The molecule has 0 aromatic carbocycles. The van der Waals surface area contributed by atoms with Gasteiger partial charge in [-0.2, -0.15) is 11.8 Å². The maximum Gasteiger partial charge on any atom is 0.0260 e. The first-order chi connectivity index (χ1) is 6.20. The van der Waals surface area contributed by atoms with E-state index < -0.39 is 0 Å². The van der Waals surface area contributed by atoms with E-state index >= 15 is 0 Å². The Morgan fingerprint density at radius 2 is 2.15 bits per heavy atom. The quantitative estimate of drug-likeness (QED) is 0.635. The number of allylic oxidation sites excluding steroid dienone is 1. The third-order valence-corrected chi connectivity index (χ3v) is 2.47. The molecule has 1 N–H and O–H groups in total. The predicted octanol–water partition coefficient (Wildman–Crippen LogP) is 3.07. The maximum absolute atomic E-state index is 3.55. The fourth-order valence-corrected chi connectivity index (χ4v) is 1.71. The third kappa shape index (κ3) is 8.38. The van der Waals surface area contributed by atoms with Crippen LogP contribution in [-0.4, -0.2) is 24.6 Å². The minimum Gasteiger partial charge on any atom is -0.310 e. The van der Waals surface area contributed by atoms with Crippen LogP contribution in [-0.2, 0) is 0 Å². The van der Waals surface area contributed by atoms with E-state index in [4.69, 9.17) is 0 Å². The molecule has 78 valence electrons. The van der Waals surface area contributed by atoms with Gasteiger partial charge in [0.25, 0.3) is 0 Å². The Kier molecular flexibility index (Phi) is 8.67. The second-order valence-electron chi connectivity index (χ2n) is 3.59. The summed E-state index contributed by atoms with van der Waals surface area (Å²) in [5.41, 5.74) is 1.41. The molecule has 0 fully saturated rings. The van der Waals surface area contributed by atoms with E-state index in [1.165, 1.54) is 24.2 Å². The van der Waals surface area contributed by atoms with Crippen LogP contribution in [0.25, 0.3) is 0 Å². The molecule has 1 unspecified atom stereocenters. The summed E-state index contributed by atoms with van der Waals surface area (Å²) in [7, 11) is 0. The Hall–Kier alpha value is 0.0500. The SMILES string of the molecule is CCCNC(C=C(C)C)CCSC. The van der Waals surface area contributed by atoms with Crippen LogP contribution in [0.4, 0.5) is 0 Å². The lowest BCUT2D eigenvalue weighted by atomic mass is 10.1. The highest BCUT2D eigenvalue weighted by Crippen LogP contribution is 2.04. The fourth-order valence-electron chi connectivity index (χ4n) is 1.22. The first-order valence-electron chi connectivity index (χ1n) is 5.08. The van der Waals surface area contributed by atoms with Gasteiger partial charge in [0.05, 0.1) is 0 Å². The molecule has 0 radical (unpaired) electrons. The van der Waals surface area contributed by atoms with Gasteiger partial charge in [0.15, 0.2) is 0 Å². The maximum atomic E-state index is 3.55. The van der Waals surface area contributed by atoms with Crippen molar-refractivity contribution in [2.24, 2.45) is 0 Å². The molecule has 13 heavy (non-hydrogen) atoms. The van der Waals surface area contributed by atoms with Gasteiger partial charge in [0.1, 0.15) is 0 Å². The van der Waals surface area contributed by atoms with Crippen LogP contribution < -0.4 is 5.32 Å². The van der Waals surface area contributed by atoms with Gasteiger partial charge in [-0.25, -0.2) is 0 Å². The van der Waals surface area contributed by atoms with Gasteiger partial charge in [-0.1, -0.05) is 18.6 Å². The minimum atomic E-state index is 0.581. The number of hydrogen-bond acceptors (Lipinski definition) is 2. The molecule has 0 aromatic rings. The summed E-state index contributed by atoms with van der Waals surface area (Å²) in [6, 6.07) is 0.581. The fraction of sp³-hybridized carbons (Fsp3) is 0.818. The Bertz CT molecular complexity index is 131. The van der Waals surface area contributed by atoms with Crippen LogP contribution in [0.5, 0.6) is 0 Å². The summed E-state index contributed by atoms with van der Waals surface area (Å²) >= 11 is 1.92. The highest BCUT2D eigenvalue weighted by Gasteiger charge is 2.02. The summed E-state index contributed by atoms with van der Waals surface area (Å²) in [4.78, 5) is 0. The molecule has 0 bridgehead atoms.